The third-order valence-corrected chi connectivity index (χ3v) is 2.99. The molecule has 1 fully saturated rings. The van der Waals surface area contributed by atoms with Crippen molar-refractivity contribution in [1.82, 2.24) is 19.7 Å². The highest BCUT2D eigenvalue weighted by molar-refractivity contribution is 5.54. The topological polar surface area (TPSA) is 63.6 Å². The number of nitrogens with zero attached hydrogens (tertiary/aromatic N) is 3. The summed E-state index contributed by atoms with van der Waals surface area (Å²) in [6.45, 7) is 1.93. The summed E-state index contributed by atoms with van der Waals surface area (Å²) in [7, 11) is 1.86. The first-order valence-corrected chi connectivity index (χ1v) is 5.76. The minimum atomic E-state index is -0.0873. The number of aromatic amines is 1. The molecule has 1 saturated carbocycles. The molecule has 0 aromatic carbocycles. The van der Waals surface area contributed by atoms with Gasteiger partial charge in [-0.3, -0.25) is 9.48 Å². The fourth-order valence-corrected chi connectivity index (χ4v) is 2.01. The highest BCUT2D eigenvalue weighted by Crippen LogP contribution is 2.37. The quantitative estimate of drug-likeness (QED) is 0.847. The predicted molar refractivity (Wildman–Crippen MR) is 63.8 cm³/mol. The molecular weight excluding hydrogens is 216 g/mol. The van der Waals surface area contributed by atoms with Crippen LogP contribution in [0.1, 0.15) is 30.3 Å². The molecule has 0 spiro atoms. The van der Waals surface area contributed by atoms with E-state index >= 15 is 0 Å². The van der Waals surface area contributed by atoms with Gasteiger partial charge in [0.05, 0.1) is 17.1 Å². The molecule has 0 saturated heterocycles. The van der Waals surface area contributed by atoms with E-state index in [1.807, 2.05) is 20.0 Å². The second kappa shape index (κ2) is 3.55. The average molecular weight is 230 g/mol. The first-order valence-electron chi connectivity index (χ1n) is 5.76. The lowest BCUT2D eigenvalue weighted by atomic mass is 10.2. The lowest BCUT2D eigenvalue weighted by Crippen LogP contribution is -2.11. The van der Waals surface area contributed by atoms with Crippen LogP contribution in [0, 0.1) is 6.92 Å². The van der Waals surface area contributed by atoms with E-state index in [9.17, 15) is 4.79 Å². The Morgan fingerprint density at radius 1 is 1.41 bits per heavy atom. The van der Waals surface area contributed by atoms with Crippen molar-refractivity contribution >= 4 is 0 Å². The molecule has 2 aromatic heterocycles. The van der Waals surface area contributed by atoms with Gasteiger partial charge in [0.1, 0.15) is 5.82 Å². The van der Waals surface area contributed by atoms with Gasteiger partial charge in [-0.2, -0.15) is 5.10 Å². The molecule has 0 atom stereocenters. The molecule has 1 N–H and O–H groups in total. The van der Waals surface area contributed by atoms with Gasteiger partial charge in [0.2, 0.25) is 0 Å². The van der Waals surface area contributed by atoms with Crippen LogP contribution in [0.4, 0.5) is 0 Å². The summed E-state index contributed by atoms with van der Waals surface area (Å²) >= 11 is 0. The molecule has 5 heteroatoms. The molecule has 2 heterocycles. The van der Waals surface area contributed by atoms with Crippen LogP contribution in [-0.4, -0.2) is 19.7 Å². The molecule has 88 valence electrons. The first kappa shape index (κ1) is 10.3. The molecule has 0 radical (unpaired) electrons. The number of aryl methyl sites for hydroxylation is 2. The van der Waals surface area contributed by atoms with Crippen LogP contribution < -0.4 is 5.56 Å². The van der Waals surface area contributed by atoms with Gasteiger partial charge >= 0.3 is 0 Å². The van der Waals surface area contributed by atoms with Gasteiger partial charge in [-0.15, -0.1) is 0 Å². The van der Waals surface area contributed by atoms with Gasteiger partial charge in [-0.05, 0) is 25.8 Å². The van der Waals surface area contributed by atoms with Gasteiger partial charge in [-0.25, -0.2) is 4.98 Å². The zero-order valence-electron chi connectivity index (χ0n) is 9.90. The fourth-order valence-electron chi connectivity index (χ4n) is 2.01. The Bertz CT molecular complexity index is 622. The van der Waals surface area contributed by atoms with Crippen molar-refractivity contribution in [2.45, 2.75) is 25.7 Å². The zero-order valence-corrected chi connectivity index (χ0v) is 9.90. The van der Waals surface area contributed by atoms with Crippen LogP contribution in [0.15, 0.2) is 16.9 Å². The number of hydrogen-bond acceptors (Lipinski definition) is 3. The number of hydrogen-bond donors (Lipinski definition) is 1. The normalized spacial score (nSPS) is 15.2. The van der Waals surface area contributed by atoms with Crippen molar-refractivity contribution in [3.05, 3.63) is 34.0 Å². The maximum absolute atomic E-state index is 11.6. The average Bonchev–Trinajstić information content (AvgIpc) is 3.04. The predicted octanol–water partition coefficient (Wildman–Crippen LogP) is 1.36. The number of rotatable bonds is 2. The Hall–Kier alpha value is -1.91. The highest BCUT2D eigenvalue weighted by Gasteiger charge is 2.26. The number of nitrogens with one attached hydrogen (secondary N) is 1. The zero-order chi connectivity index (χ0) is 12.0. The van der Waals surface area contributed by atoms with Gasteiger partial charge < -0.3 is 4.98 Å². The fraction of sp³-hybridized carbons (Fsp3) is 0.417. The van der Waals surface area contributed by atoms with Crippen molar-refractivity contribution in [1.29, 1.82) is 0 Å². The van der Waals surface area contributed by atoms with Crippen LogP contribution in [0.3, 0.4) is 0 Å². The molecule has 0 amide bonds. The molecule has 0 bridgehead atoms. The monoisotopic (exact) mass is 230 g/mol. The molecule has 5 nitrogen and oxygen atoms in total. The summed E-state index contributed by atoms with van der Waals surface area (Å²) in [5.41, 5.74) is 2.43. The second-order valence-electron chi connectivity index (χ2n) is 4.58. The lowest BCUT2D eigenvalue weighted by Gasteiger charge is -2.03. The van der Waals surface area contributed by atoms with E-state index in [1.54, 1.807) is 4.68 Å². The smallest absolute Gasteiger partial charge is 0.251 e. The largest absolute Gasteiger partial charge is 0.310 e. The summed E-state index contributed by atoms with van der Waals surface area (Å²) in [6, 6.07) is 3.47. The Labute approximate surface area is 98.5 Å². The standard InChI is InChI=1S/C12H14N4O/c1-7-5-10(16(2)15-7)9-6-11(17)14-12(13-9)8-3-4-8/h5-6,8H,3-4H2,1-2H3,(H,13,14,17). The molecule has 0 aliphatic heterocycles. The van der Waals surface area contributed by atoms with Crippen LogP contribution >= 0.6 is 0 Å². The number of H-pyrrole nitrogens is 1. The van der Waals surface area contributed by atoms with Crippen LogP contribution in [0.25, 0.3) is 11.4 Å². The third-order valence-electron chi connectivity index (χ3n) is 2.99. The molecule has 1 aliphatic carbocycles. The van der Waals surface area contributed by atoms with Crippen molar-refractivity contribution in [3.63, 3.8) is 0 Å². The van der Waals surface area contributed by atoms with E-state index in [2.05, 4.69) is 15.1 Å². The molecule has 0 unspecified atom stereocenters. The van der Waals surface area contributed by atoms with Crippen molar-refractivity contribution in [2.75, 3.05) is 0 Å². The van der Waals surface area contributed by atoms with Gasteiger partial charge in [0.25, 0.3) is 5.56 Å². The SMILES string of the molecule is Cc1cc(-c2cc(=O)[nH]c(C3CC3)n2)n(C)n1. The van der Waals surface area contributed by atoms with Crippen LogP contribution in [0.2, 0.25) is 0 Å². The summed E-state index contributed by atoms with van der Waals surface area (Å²) < 4.78 is 1.76. The van der Waals surface area contributed by atoms with Crippen LogP contribution in [-0.2, 0) is 7.05 Å². The molecule has 3 rings (SSSR count). The van der Waals surface area contributed by atoms with E-state index in [0.29, 0.717) is 11.6 Å². The minimum Gasteiger partial charge on any atom is -0.310 e. The highest BCUT2D eigenvalue weighted by atomic mass is 16.1. The first-order chi connectivity index (χ1) is 8.13. The van der Waals surface area contributed by atoms with E-state index in [0.717, 1.165) is 30.1 Å². The van der Waals surface area contributed by atoms with E-state index in [-0.39, 0.29) is 5.56 Å². The maximum Gasteiger partial charge on any atom is 0.251 e. The van der Waals surface area contributed by atoms with E-state index in [1.165, 1.54) is 6.07 Å². The van der Waals surface area contributed by atoms with E-state index < -0.39 is 0 Å². The van der Waals surface area contributed by atoms with Crippen LogP contribution in [0.5, 0.6) is 0 Å². The molecule has 1 aliphatic rings. The van der Waals surface area contributed by atoms with Crippen molar-refractivity contribution in [2.24, 2.45) is 7.05 Å². The number of aromatic nitrogens is 4. The summed E-state index contributed by atoms with van der Waals surface area (Å²) in [5, 5.41) is 4.27. The molecule has 17 heavy (non-hydrogen) atoms. The van der Waals surface area contributed by atoms with Gasteiger partial charge in [0.15, 0.2) is 0 Å². The summed E-state index contributed by atoms with van der Waals surface area (Å²) in [5.74, 6) is 1.25. The van der Waals surface area contributed by atoms with Gasteiger partial charge in [0, 0.05) is 19.0 Å². The minimum absolute atomic E-state index is 0.0873. The molecular formula is C12H14N4O. The Morgan fingerprint density at radius 3 is 2.76 bits per heavy atom. The van der Waals surface area contributed by atoms with E-state index in [4.69, 9.17) is 0 Å². The lowest BCUT2D eigenvalue weighted by molar-refractivity contribution is 0.759. The van der Waals surface area contributed by atoms with Crippen molar-refractivity contribution in [3.8, 4) is 11.4 Å². The molecule has 2 aromatic rings. The summed E-state index contributed by atoms with van der Waals surface area (Å²) in [4.78, 5) is 18.9. The maximum atomic E-state index is 11.6. The Balaban J connectivity index is 2.13. The second-order valence-corrected chi connectivity index (χ2v) is 4.58. The summed E-state index contributed by atoms with van der Waals surface area (Å²) in [6.07, 6.45) is 2.24. The van der Waals surface area contributed by atoms with Crippen molar-refractivity contribution < 1.29 is 0 Å². The third kappa shape index (κ3) is 1.88. The van der Waals surface area contributed by atoms with Gasteiger partial charge in [-0.1, -0.05) is 0 Å². The Kier molecular flexibility index (Phi) is 2.14. The Morgan fingerprint density at radius 2 is 2.18 bits per heavy atom.